The highest BCUT2D eigenvalue weighted by Crippen LogP contribution is 2.24. The lowest BCUT2D eigenvalue weighted by atomic mass is 10.1. The maximum Gasteiger partial charge on any atom is 0.261 e. The summed E-state index contributed by atoms with van der Waals surface area (Å²) in [4.78, 5) is 27.3. The fourth-order valence-electron chi connectivity index (χ4n) is 2.82. The molecule has 0 saturated carbocycles. The second kappa shape index (κ2) is 11.6. The summed E-state index contributed by atoms with van der Waals surface area (Å²) in [6.07, 6.45) is 0.790. The van der Waals surface area contributed by atoms with E-state index in [9.17, 15) is 9.59 Å². The van der Waals surface area contributed by atoms with Gasteiger partial charge in [0, 0.05) is 17.6 Å². The van der Waals surface area contributed by atoms with E-state index in [0.717, 1.165) is 17.5 Å². The van der Waals surface area contributed by atoms with Crippen LogP contribution in [-0.4, -0.2) is 35.4 Å². The van der Waals surface area contributed by atoms with E-state index in [-0.39, 0.29) is 31.0 Å². The Kier molecular flexibility index (Phi) is 9.48. The molecule has 2 aromatic carbocycles. The quantitative estimate of drug-likeness (QED) is 0.498. The zero-order valence-corrected chi connectivity index (χ0v) is 20.3. The first-order valence-electron chi connectivity index (χ1n) is 10.0. The summed E-state index contributed by atoms with van der Waals surface area (Å²) in [5.41, 5.74) is 1.61. The van der Waals surface area contributed by atoms with E-state index < -0.39 is 6.04 Å². The monoisotopic (exact) mass is 484 g/mol. The first-order valence-corrected chi connectivity index (χ1v) is 11.2. The first kappa shape index (κ1) is 25.3. The number of nitrogens with zero attached hydrogens (tertiary/aromatic N) is 1. The van der Waals surface area contributed by atoms with Gasteiger partial charge in [0.15, 0.2) is 6.61 Å². The minimum Gasteiger partial charge on any atom is -0.484 e. The molecule has 0 saturated heterocycles. The third-order valence-electron chi connectivity index (χ3n) is 5.00. The molecule has 2 amide bonds. The van der Waals surface area contributed by atoms with Crippen LogP contribution in [0.3, 0.4) is 0 Å². The van der Waals surface area contributed by atoms with Crippen molar-refractivity contribution in [2.24, 2.45) is 0 Å². The summed E-state index contributed by atoms with van der Waals surface area (Å²) in [6, 6.07) is 9.61. The fraction of sp³-hybridized carbons (Fsp3) is 0.391. The van der Waals surface area contributed by atoms with Crippen molar-refractivity contribution in [3.63, 3.8) is 0 Å². The SMILES string of the molecule is CC[C@H](C)NC(=O)[C@@H](C)N(Cc1ccc(Cl)c(Cl)c1)C(=O)COc1ccc(Cl)c(C)c1. The number of carbonyl (C=O) groups is 2. The number of halogens is 3. The predicted molar refractivity (Wildman–Crippen MR) is 126 cm³/mol. The van der Waals surface area contributed by atoms with Crippen molar-refractivity contribution in [2.75, 3.05) is 6.61 Å². The Balaban J connectivity index is 2.19. The molecule has 0 heterocycles. The van der Waals surface area contributed by atoms with Crippen LogP contribution in [-0.2, 0) is 16.1 Å². The lowest BCUT2D eigenvalue weighted by Gasteiger charge is -2.29. The van der Waals surface area contributed by atoms with Gasteiger partial charge in [0.2, 0.25) is 5.91 Å². The number of hydrogen-bond donors (Lipinski definition) is 1. The molecular formula is C23H27Cl3N2O3. The van der Waals surface area contributed by atoms with E-state index in [0.29, 0.717) is 20.8 Å². The van der Waals surface area contributed by atoms with Crippen LogP contribution in [0.15, 0.2) is 36.4 Å². The van der Waals surface area contributed by atoms with Gasteiger partial charge in [0.1, 0.15) is 11.8 Å². The summed E-state index contributed by atoms with van der Waals surface area (Å²) in [6.45, 7) is 7.42. The molecule has 1 N–H and O–H groups in total. The number of rotatable bonds is 9. The highest BCUT2D eigenvalue weighted by atomic mass is 35.5. The highest BCUT2D eigenvalue weighted by Gasteiger charge is 2.27. The summed E-state index contributed by atoms with van der Waals surface area (Å²) in [5, 5.41) is 4.35. The molecule has 0 bridgehead atoms. The Morgan fingerprint density at radius 2 is 1.71 bits per heavy atom. The summed E-state index contributed by atoms with van der Waals surface area (Å²) < 4.78 is 5.67. The lowest BCUT2D eigenvalue weighted by molar-refractivity contribution is -0.142. The standard InChI is InChI=1S/C23H27Cl3N2O3/c1-5-15(3)27-23(30)16(4)28(12-17-6-8-20(25)21(26)11-17)22(29)13-31-18-7-9-19(24)14(2)10-18/h6-11,15-16H,5,12-13H2,1-4H3,(H,27,30)/t15-,16+/m0/s1. The minimum atomic E-state index is -0.702. The number of benzene rings is 2. The second-order valence-corrected chi connectivity index (χ2v) is 8.69. The number of aryl methyl sites for hydroxylation is 1. The zero-order valence-electron chi connectivity index (χ0n) is 18.0. The van der Waals surface area contributed by atoms with Crippen molar-refractivity contribution < 1.29 is 14.3 Å². The Labute approximate surface area is 198 Å². The number of amides is 2. The molecule has 8 heteroatoms. The van der Waals surface area contributed by atoms with Crippen molar-refractivity contribution in [1.82, 2.24) is 10.2 Å². The van der Waals surface area contributed by atoms with Crippen LogP contribution in [0.4, 0.5) is 0 Å². The molecule has 0 aliphatic carbocycles. The largest absolute Gasteiger partial charge is 0.484 e. The third-order valence-corrected chi connectivity index (χ3v) is 6.16. The highest BCUT2D eigenvalue weighted by molar-refractivity contribution is 6.42. The van der Waals surface area contributed by atoms with E-state index in [1.165, 1.54) is 4.90 Å². The molecule has 0 spiro atoms. The van der Waals surface area contributed by atoms with Gasteiger partial charge >= 0.3 is 0 Å². The van der Waals surface area contributed by atoms with Gasteiger partial charge in [0.25, 0.3) is 5.91 Å². The summed E-state index contributed by atoms with van der Waals surface area (Å²) in [7, 11) is 0. The normalized spacial score (nSPS) is 12.7. The Bertz CT molecular complexity index is 936. The van der Waals surface area contributed by atoms with E-state index in [1.54, 1.807) is 43.3 Å². The van der Waals surface area contributed by atoms with Crippen molar-refractivity contribution in [2.45, 2.75) is 52.7 Å². The molecule has 0 fully saturated rings. The second-order valence-electron chi connectivity index (χ2n) is 7.46. The predicted octanol–water partition coefficient (Wildman–Crippen LogP) is 5.67. The number of hydrogen-bond acceptors (Lipinski definition) is 3. The molecule has 31 heavy (non-hydrogen) atoms. The van der Waals surface area contributed by atoms with E-state index in [1.807, 2.05) is 20.8 Å². The molecule has 0 radical (unpaired) electrons. The molecule has 2 aromatic rings. The minimum absolute atomic E-state index is 0.00479. The number of carbonyl (C=O) groups excluding carboxylic acids is 2. The molecule has 0 aliphatic rings. The van der Waals surface area contributed by atoms with Gasteiger partial charge < -0.3 is 15.0 Å². The molecule has 2 atom stereocenters. The molecule has 0 aliphatic heterocycles. The first-order chi connectivity index (χ1) is 14.6. The molecule has 5 nitrogen and oxygen atoms in total. The third kappa shape index (κ3) is 7.30. The van der Waals surface area contributed by atoms with E-state index >= 15 is 0 Å². The zero-order chi connectivity index (χ0) is 23.1. The van der Waals surface area contributed by atoms with Gasteiger partial charge in [-0.3, -0.25) is 9.59 Å². The van der Waals surface area contributed by atoms with Crippen LogP contribution >= 0.6 is 34.8 Å². The summed E-state index contributed by atoms with van der Waals surface area (Å²) >= 11 is 18.2. The van der Waals surface area contributed by atoms with Crippen LogP contribution in [0.1, 0.15) is 38.3 Å². The number of ether oxygens (including phenoxy) is 1. The summed E-state index contributed by atoms with van der Waals surface area (Å²) in [5.74, 6) is -0.0305. The van der Waals surface area contributed by atoms with Gasteiger partial charge in [-0.15, -0.1) is 0 Å². The maximum atomic E-state index is 13.1. The molecule has 2 rings (SSSR count). The van der Waals surface area contributed by atoms with Crippen LogP contribution in [0.25, 0.3) is 0 Å². The maximum absolute atomic E-state index is 13.1. The lowest BCUT2D eigenvalue weighted by Crippen LogP contribution is -2.50. The van der Waals surface area contributed by atoms with Gasteiger partial charge in [-0.05, 0) is 68.7 Å². The van der Waals surface area contributed by atoms with E-state index in [2.05, 4.69) is 5.32 Å². The Morgan fingerprint density at radius 3 is 2.32 bits per heavy atom. The van der Waals surface area contributed by atoms with E-state index in [4.69, 9.17) is 39.5 Å². The Morgan fingerprint density at radius 1 is 1.03 bits per heavy atom. The van der Waals surface area contributed by atoms with Gasteiger partial charge in [-0.1, -0.05) is 47.8 Å². The average molecular weight is 486 g/mol. The van der Waals surface area contributed by atoms with Crippen LogP contribution in [0.2, 0.25) is 15.1 Å². The van der Waals surface area contributed by atoms with Crippen LogP contribution in [0.5, 0.6) is 5.75 Å². The van der Waals surface area contributed by atoms with Crippen molar-refractivity contribution in [1.29, 1.82) is 0 Å². The van der Waals surface area contributed by atoms with Crippen molar-refractivity contribution in [3.05, 3.63) is 62.6 Å². The van der Waals surface area contributed by atoms with Crippen LogP contribution < -0.4 is 10.1 Å². The topological polar surface area (TPSA) is 58.6 Å². The van der Waals surface area contributed by atoms with Gasteiger partial charge in [-0.25, -0.2) is 0 Å². The average Bonchev–Trinajstić information content (AvgIpc) is 2.74. The van der Waals surface area contributed by atoms with Crippen LogP contribution in [0, 0.1) is 6.92 Å². The van der Waals surface area contributed by atoms with Crippen molar-refractivity contribution in [3.8, 4) is 5.75 Å². The molecular weight excluding hydrogens is 459 g/mol. The number of nitrogens with one attached hydrogen (secondary N) is 1. The smallest absolute Gasteiger partial charge is 0.261 e. The molecule has 0 aromatic heterocycles. The fourth-order valence-corrected chi connectivity index (χ4v) is 3.26. The Hall–Kier alpha value is -1.95. The molecule has 0 unspecified atom stereocenters. The molecule has 168 valence electrons. The van der Waals surface area contributed by atoms with Gasteiger partial charge in [0.05, 0.1) is 10.0 Å². The van der Waals surface area contributed by atoms with Gasteiger partial charge in [-0.2, -0.15) is 0 Å². The van der Waals surface area contributed by atoms with Crippen molar-refractivity contribution >= 4 is 46.6 Å².